The standard InChI is InChI=1S/C18H27F2N/c1-12(13-9-14(19)11-15(20)10-13)21-17-8-6-5-7-16(17)18(2,3)4/h9-12,16-17,21H,5-8H2,1-4H3. The lowest BCUT2D eigenvalue weighted by Gasteiger charge is -2.42. The largest absolute Gasteiger partial charge is 0.307 e. The molecule has 118 valence electrons. The first kappa shape index (κ1) is 16.4. The summed E-state index contributed by atoms with van der Waals surface area (Å²) in [5, 5.41) is 3.61. The second kappa shape index (κ2) is 6.43. The van der Waals surface area contributed by atoms with Gasteiger partial charge in [0.15, 0.2) is 0 Å². The molecule has 21 heavy (non-hydrogen) atoms. The Balaban J connectivity index is 2.11. The second-order valence-corrected chi connectivity index (χ2v) is 7.45. The normalized spacial score (nSPS) is 24.9. The van der Waals surface area contributed by atoms with E-state index < -0.39 is 11.6 Å². The molecule has 0 radical (unpaired) electrons. The maximum atomic E-state index is 13.4. The van der Waals surface area contributed by atoms with Gasteiger partial charge in [-0.05, 0) is 48.8 Å². The molecule has 0 spiro atoms. The molecule has 3 unspecified atom stereocenters. The lowest BCUT2D eigenvalue weighted by Crippen LogP contribution is -2.45. The molecule has 1 saturated carbocycles. The first-order valence-electron chi connectivity index (χ1n) is 7.99. The molecule has 1 N–H and O–H groups in total. The highest BCUT2D eigenvalue weighted by Crippen LogP contribution is 2.38. The van der Waals surface area contributed by atoms with Gasteiger partial charge in [-0.25, -0.2) is 8.78 Å². The van der Waals surface area contributed by atoms with Gasteiger partial charge in [-0.15, -0.1) is 0 Å². The minimum Gasteiger partial charge on any atom is -0.307 e. The van der Waals surface area contributed by atoms with Crippen LogP contribution in [0.1, 0.15) is 65.0 Å². The Morgan fingerprint density at radius 1 is 1.05 bits per heavy atom. The Morgan fingerprint density at radius 2 is 1.62 bits per heavy atom. The summed E-state index contributed by atoms with van der Waals surface area (Å²) in [6.45, 7) is 8.83. The van der Waals surface area contributed by atoms with E-state index in [1.807, 2.05) is 6.92 Å². The molecule has 1 aromatic rings. The fraction of sp³-hybridized carbons (Fsp3) is 0.667. The summed E-state index contributed by atoms with van der Waals surface area (Å²) in [6, 6.07) is 4.16. The van der Waals surface area contributed by atoms with Gasteiger partial charge in [-0.2, -0.15) is 0 Å². The van der Waals surface area contributed by atoms with Gasteiger partial charge in [-0.1, -0.05) is 33.6 Å². The van der Waals surface area contributed by atoms with Crippen LogP contribution in [-0.2, 0) is 0 Å². The number of halogens is 2. The third kappa shape index (κ3) is 4.26. The summed E-state index contributed by atoms with van der Waals surface area (Å²) < 4.78 is 26.7. The summed E-state index contributed by atoms with van der Waals surface area (Å²) in [4.78, 5) is 0. The number of rotatable bonds is 3. The summed E-state index contributed by atoms with van der Waals surface area (Å²) >= 11 is 0. The Labute approximate surface area is 127 Å². The third-order valence-corrected chi connectivity index (χ3v) is 4.73. The predicted octanol–water partition coefficient (Wildman–Crippen LogP) is 5.22. The first-order valence-corrected chi connectivity index (χ1v) is 7.99. The van der Waals surface area contributed by atoms with Gasteiger partial charge in [0.25, 0.3) is 0 Å². The van der Waals surface area contributed by atoms with Crippen LogP contribution < -0.4 is 5.32 Å². The summed E-state index contributed by atoms with van der Waals surface area (Å²) in [5.74, 6) is -0.406. The van der Waals surface area contributed by atoms with Crippen molar-refractivity contribution in [3.05, 3.63) is 35.4 Å². The number of hydrogen-bond donors (Lipinski definition) is 1. The Bertz CT molecular complexity index is 458. The zero-order valence-electron chi connectivity index (χ0n) is 13.5. The van der Waals surface area contributed by atoms with E-state index in [1.165, 1.54) is 31.4 Å². The van der Waals surface area contributed by atoms with Crippen molar-refractivity contribution in [2.24, 2.45) is 11.3 Å². The summed E-state index contributed by atoms with van der Waals surface area (Å²) in [6.07, 6.45) is 4.88. The Kier molecular flexibility index (Phi) is 5.03. The van der Waals surface area contributed by atoms with E-state index in [-0.39, 0.29) is 11.5 Å². The third-order valence-electron chi connectivity index (χ3n) is 4.73. The minimum atomic E-state index is -0.505. The van der Waals surface area contributed by atoms with Gasteiger partial charge >= 0.3 is 0 Å². The van der Waals surface area contributed by atoms with Crippen molar-refractivity contribution < 1.29 is 8.78 Å². The molecule has 0 saturated heterocycles. The maximum absolute atomic E-state index is 13.4. The maximum Gasteiger partial charge on any atom is 0.126 e. The van der Waals surface area contributed by atoms with E-state index in [1.54, 1.807) is 0 Å². The zero-order valence-corrected chi connectivity index (χ0v) is 13.5. The SMILES string of the molecule is CC(NC1CCCCC1C(C)(C)C)c1cc(F)cc(F)c1. The lowest BCUT2D eigenvalue weighted by atomic mass is 9.69. The predicted molar refractivity (Wildman–Crippen MR) is 83.1 cm³/mol. The van der Waals surface area contributed by atoms with E-state index in [4.69, 9.17) is 0 Å². The van der Waals surface area contributed by atoms with Crippen molar-refractivity contribution in [1.82, 2.24) is 5.32 Å². The van der Waals surface area contributed by atoms with Crippen LogP contribution in [-0.4, -0.2) is 6.04 Å². The van der Waals surface area contributed by atoms with Crippen molar-refractivity contribution in [2.75, 3.05) is 0 Å². The van der Waals surface area contributed by atoms with Crippen LogP contribution in [0.4, 0.5) is 8.78 Å². The molecule has 0 aliphatic heterocycles. The van der Waals surface area contributed by atoms with Crippen LogP contribution in [0, 0.1) is 23.0 Å². The van der Waals surface area contributed by atoms with Crippen LogP contribution in [0.2, 0.25) is 0 Å². The molecule has 3 atom stereocenters. The van der Waals surface area contributed by atoms with Crippen LogP contribution in [0.5, 0.6) is 0 Å². The van der Waals surface area contributed by atoms with Gasteiger partial charge in [0.05, 0.1) is 0 Å². The number of benzene rings is 1. The van der Waals surface area contributed by atoms with Gasteiger partial charge in [-0.3, -0.25) is 0 Å². The smallest absolute Gasteiger partial charge is 0.126 e. The molecule has 1 nitrogen and oxygen atoms in total. The number of hydrogen-bond acceptors (Lipinski definition) is 1. The molecule has 3 heteroatoms. The topological polar surface area (TPSA) is 12.0 Å². The molecular formula is C18H27F2N. The molecule has 0 aromatic heterocycles. The van der Waals surface area contributed by atoms with Crippen LogP contribution >= 0.6 is 0 Å². The van der Waals surface area contributed by atoms with E-state index in [9.17, 15) is 8.78 Å². The Morgan fingerprint density at radius 3 is 2.19 bits per heavy atom. The van der Waals surface area contributed by atoms with Gasteiger partial charge < -0.3 is 5.32 Å². The average molecular weight is 295 g/mol. The van der Waals surface area contributed by atoms with E-state index in [0.717, 1.165) is 12.5 Å². The minimum absolute atomic E-state index is 0.0388. The molecule has 0 bridgehead atoms. The molecule has 2 rings (SSSR count). The highest BCUT2D eigenvalue weighted by Gasteiger charge is 2.34. The van der Waals surface area contributed by atoms with E-state index in [2.05, 4.69) is 26.1 Å². The highest BCUT2D eigenvalue weighted by atomic mass is 19.1. The van der Waals surface area contributed by atoms with Crippen LogP contribution in [0.15, 0.2) is 18.2 Å². The monoisotopic (exact) mass is 295 g/mol. The summed E-state index contributed by atoms with van der Waals surface area (Å²) in [5.41, 5.74) is 0.941. The number of nitrogens with one attached hydrogen (secondary N) is 1. The Hall–Kier alpha value is -0.960. The lowest BCUT2D eigenvalue weighted by molar-refractivity contribution is 0.124. The molecule has 1 aliphatic carbocycles. The fourth-order valence-electron chi connectivity index (χ4n) is 3.61. The van der Waals surface area contributed by atoms with Crippen LogP contribution in [0.3, 0.4) is 0 Å². The zero-order chi connectivity index (χ0) is 15.6. The average Bonchev–Trinajstić information content (AvgIpc) is 2.37. The molecule has 0 amide bonds. The van der Waals surface area contributed by atoms with Crippen LogP contribution in [0.25, 0.3) is 0 Å². The molecular weight excluding hydrogens is 268 g/mol. The fourth-order valence-corrected chi connectivity index (χ4v) is 3.61. The van der Waals surface area contributed by atoms with Crippen molar-refractivity contribution in [3.8, 4) is 0 Å². The van der Waals surface area contributed by atoms with Crippen molar-refractivity contribution >= 4 is 0 Å². The summed E-state index contributed by atoms with van der Waals surface area (Å²) in [7, 11) is 0. The van der Waals surface area contributed by atoms with Gasteiger partial charge in [0.2, 0.25) is 0 Å². The van der Waals surface area contributed by atoms with Gasteiger partial charge in [0.1, 0.15) is 11.6 Å². The molecule has 1 fully saturated rings. The van der Waals surface area contributed by atoms with Gasteiger partial charge in [0, 0.05) is 18.2 Å². The second-order valence-electron chi connectivity index (χ2n) is 7.45. The van der Waals surface area contributed by atoms with E-state index in [0.29, 0.717) is 17.5 Å². The highest BCUT2D eigenvalue weighted by molar-refractivity contribution is 5.21. The van der Waals surface area contributed by atoms with Crippen molar-refractivity contribution in [3.63, 3.8) is 0 Å². The van der Waals surface area contributed by atoms with Crippen molar-refractivity contribution in [2.45, 2.75) is 65.5 Å². The molecule has 1 aliphatic rings. The molecule has 1 aromatic carbocycles. The molecule has 0 heterocycles. The first-order chi connectivity index (χ1) is 9.77. The quantitative estimate of drug-likeness (QED) is 0.806. The van der Waals surface area contributed by atoms with Crippen molar-refractivity contribution in [1.29, 1.82) is 0 Å². The van der Waals surface area contributed by atoms with E-state index >= 15 is 0 Å².